The molecule has 2 amide bonds. The van der Waals surface area contributed by atoms with Crippen molar-refractivity contribution in [1.29, 1.82) is 0 Å². The van der Waals surface area contributed by atoms with E-state index in [1.165, 1.54) is 16.4 Å². The van der Waals surface area contributed by atoms with Gasteiger partial charge in [-0.1, -0.05) is 13.8 Å². The van der Waals surface area contributed by atoms with Gasteiger partial charge >= 0.3 is 6.03 Å². The molecule has 0 spiro atoms. The Kier molecular flexibility index (Phi) is 5.63. The zero-order chi connectivity index (χ0) is 15.2. The molecular weight excluding hydrogens is 306 g/mol. The van der Waals surface area contributed by atoms with Crippen molar-refractivity contribution < 1.29 is 4.79 Å². The van der Waals surface area contributed by atoms with Crippen molar-refractivity contribution in [2.45, 2.75) is 39.5 Å². The molecule has 0 aliphatic rings. The zero-order valence-corrected chi connectivity index (χ0v) is 14.0. The summed E-state index contributed by atoms with van der Waals surface area (Å²) in [4.78, 5) is 21.6. The van der Waals surface area contributed by atoms with Crippen LogP contribution in [0.3, 0.4) is 0 Å². The predicted octanol–water partition coefficient (Wildman–Crippen LogP) is 3.18. The highest BCUT2D eigenvalue weighted by molar-refractivity contribution is 7.11. The first-order valence-electron chi connectivity index (χ1n) is 6.88. The van der Waals surface area contributed by atoms with Crippen LogP contribution >= 0.6 is 22.9 Å². The minimum Gasteiger partial charge on any atom is -0.337 e. The maximum atomic E-state index is 11.8. The molecule has 0 aliphatic carbocycles. The van der Waals surface area contributed by atoms with Gasteiger partial charge in [0.2, 0.25) is 5.13 Å². The summed E-state index contributed by atoms with van der Waals surface area (Å²) in [7, 11) is 0. The van der Waals surface area contributed by atoms with E-state index in [9.17, 15) is 4.79 Å². The molecule has 114 valence electrons. The molecule has 0 unspecified atom stereocenters. The second-order valence-electron chi connectivity index (χ2n) is 4.81. The summed E-state index contributed by atoms with van der Waals surface area (Å²) in [6, 6.07) is -0.255. The Morgan fingerprint density at radius 2 is 2.29 bits per heavy atom. The average molecular weight is 325 g/mol. The van der Waals surface area contributed by atoms with Gasteiger partial charge in [0, 0.05) is 41.5 Å². The number of carbonyl (C=O) groups excluding carboxylic acids is 1. The fourth-order valence-electron chi connectivity index (χ4n) is 1.70. The molecule has 8 heteroatoms. The van der Waals surface area contributed by atoms with Crippen LogP contribution in [0, 0.1) is 6.92 Å². The first kappa shape index (κ1) is 15.8. The molecule has 2 aromatic heterocycles. The summed E-state index contributed by atoms with van der Waals surface area (Å²) in [6.45, 7) is 6.68. The predicted molar refractivity (Wildman–Crippen MR) is 86.2 cm³/mol. The van der Waals surface area contributed by atoms with E-state index in [1.807, 2.05) is 20.0 Å². The largest absolute Gasteiger partial charge is 0.337 e. The van der Waals surface area contributed by atoms with Crippen molar-refractivity contribution in [2.24, 2.45) is 0 Å². The van der Waals surface area contributed by atoms with Crippen LogP contribution in [0.2, 0.25) is 0 Å². The lowest BCUT2D eigenvalue weighted by Crippen LogP contribution is -2.31. The highest BCUT2D eigenvalue weighted by atomic mass is 32.1. The van der Waals surface area contributed by atoms with Gasteiger partial charge in [-0.15, -0.1) is 11.3 Å². The molecular formula is C13H19N5OS2. The van der Waals surface area contributed by atoms with Gasteiger partial charge in [0.05, 0.1) is 5.01 Å². The topological polar surface area (TPSA) is 79.8 Å². The van der Waals surface area contributed by atoms with Crippen molar-refractivity contribution >= 4 is 34.0 Å². The number of nitrogens with one attached hydrogen (secondary N) is 2. The molecule has 0 saturated heterocycles. The second kappa shape index (κ2) is 7.46. The molecule has 2 aromatic rings. The standard InChI is InChI=1S/C13H19N5OS2/c1-4-5-10-16-13(21-18-10)17-12(19)15-6-8(2)11-14-7-9(3)20-11/h7-8H,4-6H2,1-3H3,(H2,15,16,17,18,19)/t8-/m1/s1. The van der Waals surface area contributed by atoms with Crippen molar-refractivity contribution in [2.75, 3.05) is 11.9 Å². The van der Waals surface area contributed by atoms with Crippen LogP contribution in [-0.4, -0.2) is 26.9 Å². The third-order valence-electron chi connectivity index (χ3n) is 2.79. The molecule has 6 nitrogen and oxygen atoms in total. The Morgan fingerprint density at radius 3 is 2.95 bits per heavy atom. The van der Waals surface area contributed by atoms with Gasteiger partial charge < -0.3 is 5.32 Å². The summed E-state index contributed by atoms with van der Waals surface area (Å²) in [5.74, 6) is 0.976. The van der Waals surface area contributed by atoms with Crippen LogP contribution < -0.4 is 10.6 Å². The third kappa shape index (κ3) is 4.75. The Labute approximate surface area is 132 Å². The molecule has 21 heavy (non-hydrogen) atoms. The number of amides is 2. The van der Waals surface area contributed by atoms with Gasteiger partial charge in [0.25, 0.3) is 0 Å². The first-order chi connectivity index (χ1) is 10.1. The van der Waals surface area contributed by atoms with Crippen LogP contribution in [0.1, 0.15) is 41.9 Å². The molecule has 2 rings (SSSR count). The minimum absolute atomic E-state index is 0.194. The second-order valence-corrected chi connectivity index (χ2v) is 6.83. The van der Waals surface area contributed by atoms with E-state index in [4.69, 9.17) is 0 Å². The lowest BCUT2D eigenvalue weighted by molar-refractivity contribution is 0.251. The quantitative estimate of drug-likeness (QED) is 0.855. The van der Waals surface area contributed by atoms with Crippen molar-refractivity contribution in [3.8, 4) is 0 Å². The maximum absolute atomic E-state index is 11.8. The van der Waals surface area contributed by atoms with Crippen LogP contribution in [0.15, 0.2) is 6.20 Å². The summed E-state index contributed by atoms with van der Waals surface area (Å²) < 4.78 is 4.18. The maximum Gasteiger partial charge on any atom is 0.321 e. The fraction of sp³-hybridized carbons (Fsp3) is 0.538. The number of nitrogens with zero attached hydrogens (tertiary/aromatic N) is 3. The minimum atomic E-state index is -0.255. The van der Waals surface area contributed by atoms with Gasteiger partial charge in [-0.3, -0.25) is 5.32 Å². The number of aryl methyl sites for hydroxylation is 2. The van der Waals surface area contributed by atoms with Gasteiger partial charge in [-0.05, 0) is 13.3 Å². The Hall–Kier alpha value is -1.54. The van der Waals surface area contributed by atoms with E-state index in [-0.39, 0.29) is 11.9 Å². The zero-order valence-electron chi connectivity index (χ0n) is 12.3. The number of aromatic nitrogens is 3. The molecule has 0 aromatic carbocycles. The van der Waals surface area contributed by atoms with Gasteiger partial charge in [-0.25, -0.2) is 14.8 Å². The smallest absolute Gasteiger partial charge is 0.321 e. The lowest BCUT2D eigenvalue weighted by Gasteiger charge is -2.09. The molecule has 0 radical (unpaired) electrons. The van der Waals surface area contributed by atoms with E-state index in [0.717, 1.165) is 23.7 Å². The van der Waals surface area contributed by atoms with E-state index >= 15 is 0 Å². The third-order valence-corrected chi connectivity index (χ3v) is 4.60. The molecule has 0 saturated carbocycles. The highest BCUT2D eigenvalue weighted by Gasteiger charge is 2.12. The van der Waals surface area contributed by atoms with Gasteiger partial charge in [-0.2, -0.15) is 4.37 Å². The molecule has 0 bridgehead atoms. The number of thiazole rings is 1. The number of hydrogen-bond donors (Lipinski definition) is 2. The molecule has 0 aliphatic heterocycles. The number of hydrogen-bond acceptors (Lipinski definition) is 6. The van der Waals surface area contributed by atoms with Crippen LogP contribution in [0.25, 0.3) is 0 Å². The SMILES string of the molecule is CCCc1nsc(NC(=O)NC[C@@H](C)c2ncc(C)s2)n1. The number of anilines is 1. The normalized spacial score (nSPS) is 12.1. The number of urea groups is 1. The van der Waals surface area contributed by atoms with Crippen molar-refractivity contribution in [3.05, 3.63) is 21.9 Å². The van der Waals surface area contributed by atoms with Crippen LogP contribution in [0.5, 0.6) is 0 Å². The van der Waals surface area contributed by atoms with Crippen LogP contribution in [0.4, 0.5) is 9.93 Å². The van der Waals surface area contributed by atoms with Crippen molar-refractivity contribution in [1.82, 2.24) is 19.7 Å². The molecule has 0 fully saturated rings. The van der Waals surface area contributed by atoms with Crippen molar-refractivity contribution in [3.63, 3.8) is 0 Å². The van der Waals surface area contributed by atoms with E-state index < -0.39 is 0 Å². The molecule has 1 atom stereocenters. The van der Waals surface area contributed by atoms with E-state index in [0.29, 0.717) is 11.7 Å². The summed E-state index contributed by atoms with van der Waals surface area (Å²) in [5.41, 5.74) is 0. The van der Waals surface area contributed by atoms with Gasteiger partial charge in [0.15, 0.2) is 0 Å². The van der Waals surface area contributed by atoms with Crippen LogP contribution in [-0.2, 0) is 6.42 Å². The Balaban J connectivity index is 1.78. The Morgan fingerprint density at radius 1 is 1.48 bits per heavy atom. The lowest BCUT2D eigenvalue weighted by atomic mass is 10.2. The van der Waals surface area contributed by atoms with E-state index in [1.54, 1.807) is 11.3 Å². The Bertz CT molecular complexity index is 595. The van der Waals surface area contributed by atoms with Gasteiger partial charge in [0.1, 0.15) is 5.82 Å². The highest BCUT2D eigenvalue weighted by Crippen LogP contribution is 2.20. The van der Waals surface area contributed by atoms with E-state index in [2.05, 4.69) is 31.9 Å². The fourth-order valence-corrected chi connectivity index (χ4v) is 3.14. The molecule has 2 heterocycles. The average Bonchev–Trinajstić information content (AvgIpc) is 3.06. The monoisotopic (exact) mass is 325 g/mol. The summed E-state index contributed by atoms with van der Waals surface area (Å²) >= 11 is 2.87. The summed E-state index contributed by atoms with van der Waals surface area (Å²) in [5, 5.41) is 7.12. The first-order valence-corrected chi connectivity index (χ1v) is 8.47. The summed E-state index contributed by atoms with van der Waals surface area (Å²) in [6.07, 6.45) is 3.68. The molecule has 2 N–H and O–H groups in total. The number of carbonyl (C=O) groups is 1. The number of rotatable bonds is 6.